The van der Waals surface area contributed by atoms with Gasteiger partial charge in [-0.05, 0) is 43.4 Å². The third-order valence-corrected chi connectivity index (χ3v) is 6.12. The minimum Gasteiger partial charge on any atom is -0.493 e. The summed E-state index contributed by atoms with van der Waals surface area (Å²) >= 11 is 0. The topological polar surface area (TPSA) is 78.9 Å². The van der Waals surface area contributed by atoms with Crippen LogP contribution in [-0.2, 0) is 16.4 Å². The zero-order valence-corrected chi connectivity index (χ0v) is 13.5. The van der Waals surface area contributed by atoms with Crippen LogP contribution in [0.15, 0.2) is 23.1 Å². The summed E-state index contributed by atoms with van der Waals surface area (Å²) in [6, 6.07) is 5.27. The van der Waals surface area contributed by atoms with E-state index in [4.69, 9.17) is 4.74 Å². The lowest BCUT2D eigenvalue weighted by molar-refractivity contribution is 0.303. The fourth-order valence-corrected chi connectivity index (χ4v) is 4.60. The summed E-state index contributed by atoms with van der Waals surface area (Å²) in [5.41, 5.74) is 0.965. The number of fused-ring (bicyclic) bond motifs is 1. The monoisotopic (exact) mass is 324 g/mol. The molecule has 1 fully saturated rings. The van der Waals surface area contributed by atoms with Crippen LogP contribution in [0.3, 0.4) is 0 Å². The van der Waals surface area contributed by atoms with Crippen LogP contribution in [0.2, 0.25) is 6.82 Å². The fraction of sp³-hybridized carbons (Fsp3) is 0.571. The number of rotatable bonds is 4. The largest absolute Gasteiger partial charge is 0.493 e. The molecule has 1 aromatic carbocycles. The van der Waals surface area contributed by atoms with Crippen molar-refractivity contribution >= 4 is 17.1 Å². The first-order valence-corrected chi connectivity index (χ1v) is 9.11. The molecule has 2 N–H and O–H groups in total. The summed E-state index contributed by atoms with van der Waals surface area (Å²) in [4.78, 5) is 0.346. The van der Waals surface area contributed by atoms with Crippen LogP contribution in [0.5, 0.6) is 5.75 Å². The smallest absolute Gasteiger partial charge is 0.373 e. The normalized spacial score (nSPS) is 19.7. The van der Waals surface area contributed by atoms with Gasteiger partial charge < -0.3 is 15.0 Å². The average Bonchev–Trinajstić information content (AvgIpc) is 2.94. The molecule has 3 rings (SSSR count). The van der Waals surface area contributed by atoms with Crippen LogP contribution in [0.1, 0.15) is 18.4 Å². The van der Waals surface area contributed by atoms with Crippen LogP contribution in [0, 0.1) is 0 Å². The summed E-state index contributed by atoms with van der Waals surface area (Å²) in [5, 5.41) is 12.4. The fourth-order valence-electron chi connectivity index (χ4n) is 3.08. The second-order valence-corrected chi connectivity index (χ2v) is 7.83. The van der Waals surface area contributed by atoms with E-state index in [1.807, 2.05) is 0 Å². The molecular weight excluding hydrogens is 303 g/mol. The molecule has 0 amide bonds. The van der Waals surface area contributed by atoms with Gasteiger partial charge in [0, 0.05) is 25.6 Å². The zero-order valence-electron chi connectivity index (χ0n) is 12.7. The number of nitrogens with one attached hydrogen (secondary N) is 1. The van der Waals surface area contributed by atoms with E-state index in [1.165, 1.54) is 4.31 Å². The third-order valence-electron chi connectivity index (χ3n) is 4.23. The van der Waals surface area contributed by atoms with Gasteiger partial charge in [-0.1, -0.05) is 0 Å². The lowest BCUT2D eigenvalue weighted by atomic mass is 9.85. The highest BCUT2D eigenvalue weighted by molar-refractivity contribution is 7.89. The van der Waals surface area contributed by atoms with Gasteiger partial charge in [0.15, 0.2) is 0 Å². The van der Waals surface area contributed by atoms with E-state index in [-0.39, 0.29) is 6.04 Å². The first kappa shape index (κ1) is 15.8. The molecule has 0 aliphatic carbocycles. The molecule has 0 bridgehead atoms. The van der Waals surface area contributed by atoms with Gasteiger partial charge in [-0.2, -0.15) is 4.31 Å². The van der Waals surface area contributed by atoms with Crippen molar-refractivity contribution in [2.75, 3.05) is 19.7 Å². The molecule has 120 valence electrons. The summed E-state index contributed by atoms with van der Waals surface area (Å²) in [7, 11) is -4.01. The molecule has 0 unspecified atom stereocenters. The molecule has 0 atom stereocenters. The molecule has 2 heterocycles. The van der Waals surface area contributed by atoms with Crippen LogP contribution in [0.4, 0.5) is 0 Å². The van der Waals surface area contributed by atoms with E-state index in [9.17, 15) is 13.4 Å². The highest BCUT2D eigenvalue weighted by Gasteiger charge is 2.30. The molecular formula is C14H21BN2O4S. The van der Waals surface area contributed by atoms with Crippen LogP contribution in [-0.4, -0.2) is 50.5 Å². The summed E-state index contributed by atoms with van der Waals surface area (Å²) in [5.74, 6) is 0.791. The van der Waals surface area contributed by atoms with Gasteiger partial charge in [-0.25, -0.2) is 8.42 Å². The Morgan fingerprint density at radius 2 is 2.09 bits per heavy atom. The number of hydrogen-bond acceptors (Lipinski definition) is 5. The summed E-state index contributed by atoms with van der Waals surface area (Å²) < 4.78 is 32.4. The van der Waals surface area contributed by atoms with E-state index in [1.54, 1.807) is 25.0 Å². The number of benzene rings is 1. The molecule has 1 aromatic rings. The van der Waals surface area contributed by atoms with E-state index >= 15 is 0 Å². The molecule has 0 radical (unpaired) electrons. The van der Waals surface area contributed by atoms with Crippen molar-refractivity contribution in [3.8, 4) is 5.75 Å². The Kier molecular flexibility index (Phi) is 4.45. The highest BCUT2D eigenvalue weighted by Crippen LogP contribution is 2.29. The van der Waals surface area contributed by atoms with E-state index < -0.39 is 17.1 Å². The summed E-state index contributed by atoms with van der Waals surface area (Å²) in [6.07, 6.45) is 2.18. The summed E-state index contributed by atoms with van der Waals surface area (Å²) in [6.45, 7) is 3.24. The van der Waals surface area contributed by atoms with Gasteiger partial charge in [-0.3, -0.25) is 0 Å². The van der Waals surface area contributed by atoms with Crippen molar-refractivity contribution in [1.29, 1.82) is 0 Å². The van der Waals surface area contributed by atoms with Crippen LogP contribution >= 0.6 is 0 Å². The van der Waals surface area contributed by atoms with Crippen molar-refractivity contribution < 1.29 is 18.2 Å². The number of nitrogens with zero attached hydrogens (tertiary/aromatic N) is 1. The average molecular weight is 324 g/mol. The van der Waals surface area contributed by atoms with Crippen molar-refractivity contribution in [3.63, 3.8) is 0 Å². The molecule has 0 aromatic heterocycles. The van der Waals surface area contributed by atoms with Crippen molar-refractivity contribution in [1.82, 2.24) is 9.53 Å². The third kappa shape index (κ3) is 3.15. The number of hydrogen-bond donors (Lipinski definition) is 2. The van der Waals surface area contributed by atoms with Gasteiger partial charge in [-0.15, -0.1) is 0 Å². The maximum absolute atomic E-state index is 12.7. The predicted molar refractivity (Wildman–Crippen MR) is 84.4 cm³/mol. The molecule has 1 saturated heterocycles. The molecule has 2 aliphatic heterocycles. The molecule has 8 heteroatoms. The molecule has 0 saturated carbocycles. The van der Waals surface area contributed by atoms with Gasteiger partial charge in [0.25, 0.3) is 0 Å². The molecule has 6 nitrogen and oxygen atoms in total. The van der Waals surface area contributed by atoms with Crippen molar-refractivity contribution in [2.45, 2.75) is 37.0 Å². The second-order valence-electron chi connectivity index (χ2n) is 5.89. The Labute approximate surface area is 131 Å². The minimum absolute atomic E-state index is 0.167. The Morgan fingerprint density at radius 1 is 1.36 bits per heavy atom. The van der Waals surface area contributed by atoms with Gasteiger partial charge in [0.05, 0.1) is 11.5 Å². The molecule has 0 spiro atoms. The Balaban J connectivity index is 1.71. The Hall–Kier alpha value is -1.09. The van der Waals surface area contributed by atoms with Crippen molar-refractivity contribution in [2.24, 2.45) is 0 Å². The Morgan fingerprint density at radius 3 is 2.77 bits per heavy atom. The van der Waals surface area contributed by atoms with E-state index in [0.717, 1.165) is 17.7 Å². The lowest BCUT2D eigenvalue weighted by Gasteiger charge is -2.32. The van der Waals surface area contributed by atoms with Crippen LogP contribution < -0.4 is 9.96 Å². The first-order valence-electron chi connectivity index (χ1n) is 7.67. The van der Waals surface area contributed by atoms with Gasteiger partial charge in [0.1, 0.15) is 5.75 Å². The molecule has 2 aliphatic rings. The van der Waals surface area contributed by atoms with E-state index in [2.05, 4.69) is 5.23 Å². The first-order chi connectivity index (χ1) is 10.5. The van der Waals surface area contributed by atoms with Crippen LogP contribution in [0.25, 0.3) is 0 Å². The van der Waals surface area contributed by atoms with Gasteiger partial charge >= 0.3 is 7.05 Å². The molecule has 22 heavy (non-hydrogen) atoms. The number of sulfonamides is 1. The number of piperidine rings is 1. The standard InChI is InChI=1S/C14H21BN2O4S/c1-15(18)16-12-4-7-17(8-5-12)22(19,20)13-2-3-14-11(10-13)6-9-21-14/h2-3,10,12,16,18H,4-9H2,1H3. The highest BCUT2D eigenvalue weighted by atomic mass is 32.2. The second kappa shape index (κ2) is 6.19. The Bertz CT molecular complexity index is 642. The SMILES string of the molecule is CB(O)NC1CCN(S(=O)(=O)c2ccc3c(c2)CCO3)CC1. The minimum atomic E-state index is -3.45. The maximum Gasteiger partial charge on any atom is 0.373 e. The zero-order chi connectivity index (χ0) is 15.7. The predicted octanol–water partition coefficient (Wildman–Crippen LogP) is 0.474. The van der Waals surface area contributed by atoms with E-state index in [0.29, 0.717) is 37.4 Å². The number of ether oxygens (including phenoxy) is 1. The van der Waals surface area contributed by atoms with Crippen molar-refractivity contribution in [3.05, 3.63) is 23.8 Å². The maximum atomic E-state index is 12.7. The van der Waals surface area contributed by atoms with Gasteiger partial charge in [0.2, 0.25) is 10.0 Å². The quantitative estimate of drug-likeness (QED) is 0.788. The lowest BCUT2D eigenvalue weighted by Crippen LogP contribution is -2.48.